The summed E-state index contributed by atoms with van der Waals surface area (Å²) in [6.45, 7) is 4.64. The Bertz CT molecular complexity index is 739. The number of aryl methyl sites for hydroxylation is 2. The van der Waals surface area contributed by atoms with Crippen LogP contribution >= 0.6 is 12.2 Å². The van der Waals surface area contributed by atoms with E-state index in [2.05, 4.69) is 10.4 Å². The summed E-state index contributed by atoms with van der Waals surface area (Å²) < 4.78 is 1.85. The largest absolute Gasteiger partial charge is 0.348 e. The van der Waals surface area contributed by atoms with Crippen LogP contribution in [0.4, 0.5) is 11.4 Å². The molecule has 0 aliphatic carbocycles. The molecule has 0 saturated carbocycles. The van der Waals surface area contributed by atoms with Crippen LogP contribution < -0.4 is 5.32 Å². The average molecular weight is 333 g/mol. The number of thiocarbonyl (C=S) groups is 1. The number of benzene rings is 1. The molecule has 0 amide bonds. The van der Waals surface area contributed by atoms with Gasteiger partial charge in [0.15, 0.2) is 5.11 Å². The van der Waals surface area contributed by atoms with E-state index in [0.29, 0.717) is 17.3 Å². The average Bonchev–Trinajstić information content (AvgIpc) is 2.74. The summed E-state index contributed by atoms with van der Waals surface area (Å²) in [5, 5.41) is 18.7. The molecule has 1 N–H and O–H groups in total. The molecule has 0 spiro atoms. The van der Waals surface area contributed by atoms with Crippen LogP contribution in [0.1, 0.15) is 17.0 Å². The van der Waals surface area contributed by atoms with Crippen molar-refractivity contribution in [1.82, 2.24) is 14.7 Å². The van der Waals surface area contributed by atoms with Crippen molar-refractivity contribution in [3.05, 3.63) is 51.3 Å². The van der Waals surface area contributed by atoms with Crippen LogP contribution in [0.25, 0.3) is 0 Å². The van der Waals surface area contributed by atoms with Gasteiger partial charge in [-0.15, -0.1) is 0 Å². The maximum atomic E-state index is 10.7. The van der Waals surface area contributed by atoms with Crippen LogP contribution in [0.15, 0.2) is 24.3 Å². The van der Waals surface area contributed by atoms with Crippen molar-refractivity contribution in [2.24, 2.45) is 7.05 Å². The number of nitrogens with one attached hydrogen (secondary N) is 1. The lowest BCUT2D eigenvalue weighted by Gasteiger charge is -2.21. The Hall–Kier alpha value is -2.48. The topological polar surface area (TPSA) is 76.2 Å². The van der Waals surface area contributed by atoms with Crippen molar-refractivity contribution in [3.63, 3.8) is 0 Å². The smallest absolute Gasteiger partial charge is 0.269 e. The third-order valence-corrected chi connectivity index (χ3v) is 4.14. The third-order valence-electron chi connectivity index (χ3n) is 3.73. The lowest BCUT2D eigenvalue weighted by atomic mass is 10.2. The molecule has 0 aliphatic rings. The van der Waals surface area contributed by atoms with Gasteiger partial charge < -0.3 is 10.2 Å². The summed E-state index contributed by atoms with van der Waals surface area (Å²) in [6.07, 6.45) is 0. The number of hydrogen-bond donors (Lipinski definition) is 1. The quantitative estimate of drug-likeness (QED) is 0.527. The Kier molecular flexibility index (Phi) is 4.95. The molecule has 2 rings (SSSR count). The number of non-ortho nitro benzene ring substituents is 1. The van der Waals surface area contributed by atoms with Gasteiger partial charge in [0, 0.05) is 49.7 Å². The molecule has 2 aromatic rings. The molecule has 1 aromatic carbocycles. The molecule has 0 atom stereocenters. The molecule has 0 aliphatic heterocycles. The van der Waals surface area contributed by atoms with Crippen LogP contribution in [0.5, 0.6) is 0 Å². The summed E-state index contributed by atoms with van der Waals surface area (Å²) in [5.74, 6) is 0. The molecule has 0 radical (unpaired) electrons. The molecule has 0 bridgehead atoms. The molecule has 1 heterocycles. The van der Waals surface area contributed by atoms with E-state index in [-0.39, 0.29) is 5.69 Å². The van der Waals surface area contributed by atoms with Gasteiger partial charge in [-0.05, 0) is 38.2 Å². The summed E-state index contributed by atoms with van der Waals surface area (Å²) >= 11 is 5.39. The van der Waals surface area contributed by atoms with E-state index < -0.39 is 4.92 Å². The predicted molar refractivity (Wildman–Crippen MR) is 93.5 cm³/mol. The maximum absolute atomic E-state index is 10.7. The van der Waals surface area contributed by atoms with Crippen molar-refractivity contribution < 1.29 is 4.92 Å². The number of nitro benzene ring substituents is 1. The Morgan fingerprint density at radius 1 is 1.39 bits per heavy atom. The molecule has 23 heavy (non-hydrogen) atoms. The van der Waals surface area contributed by atoms with Gasteiger partial charge >= 0.3 is 0 Å². The first-order valence-electron chi connectivity index (χ1n) is 7.05. The van der Waals surface area contributed by atoms with Crippen LogP contribution in [0.2, 0.25) is 0 Å². The van der Waals surface area contributed by atoms with Crippen LogP contribution in [0.3, 0.4) is 0 Å². The molecule has 0 saturated heterocycles. The first-order chi connectivity index (χ1) is 10.8. The third kappa shape index (κ3) is 3.84. The fourth-order valence-corrected chi connectivity index (χ4v) is 2.42. The Balaban J connectivity index is 2.03. The van der Waals surface area contributed by atoms with E-state index in [4.69, 9.17) is 12.2 Å². The first-order valence-corrected chi connectivity index (χ1v) is 7.46. The molecule has 0 fully saturated rings. The van der Waals surface area contributed by atoms with Crippen LogP contribution in [0, 0.1) is 24.0 Å². The normalized spacial score (nSPS) is 10.4. The van der Waals surface area contributed by atoms with Crippen molar-refractivity contribution in [2.45, 2.75) is 20.4 Å². The van der Waals surface area contributed by atoms with Gasteiger partial charge in [0.1, 0.15) is 0 Å². The Morgan fingerprint density at radius 3 is 2.48 bits per heavy atom. The highest BCUT2D eigenvalue weighted by atomic mass is 32.1. The van der Waals surface area contributed by atoms with Gasteiger partial charge in [-0.25, -0.2) is 0 Å². The minimum Gasteiger partial charge on any atom is -0.348 e. The molecule has 7 nitrogen and oxygen atoms in total. The zero-order valence-electron chi connectivity index (χ0n) is 13.5. The molecule has 1 aromatic heterocycles. The number of rotatable bonds is 4. The maximum Gasteiger partial charge on any atom is 0.269 e. The van der Waals surface area contributed by atoms with Crippen molar-refractivity contribution in [2.75, 3.05) is 12.4 Å². The van der Waals surface area contributed by atoms with Gasteiger partial charge in [0.2, 0.25) is 0 Å². The Labute approximate surface area is 140 Å². The standard InChI is InChI=1S/C15H19N5O2S/c1-10-14(11(2)19(4)17-10)9-18(3)15(23)16-12-5-7-13(8-6-12)20(21)22/h5-8H,9H2,1-4H3,(H,16,23). The minimum absolute atomic E-state index is 0.0523. The zero-order valence-corrected chi connectivity index (χ0v) is 14.3. The van der Waals surface area contributed by atoms with Crippen LogP contribution in [-0.4, -0.2) is 31.8 Å². The van der Waals surface area contributed by atoms with Gasteiger partial charge in [-0.1, -0.05) is 0 Å². The number of nitrogens with zero attached hydrogens (tertiary/aromatic N) is 4. The number of anilines is 1. The van der Waals surface area contributed by atoms with E-state index in [1.807, 2.05) is 37.5 Å². The van der Waals surface area contributed by atoms with E-state index in [9.17, 15) is 10.1 Å². The highest BCUT2D eigenvalue weighted by molar-refractivity contribution is 7.80. The first kappa shape index (κ1) is 16.9. The molecule has 8 heteroatoms. The van der Waals surface area contributed by atoms with Crippen molar-refractivity contribution in [3.8, 4) is 0 Å². The highest BCUT2D eigenvalue weighted by Gasteiger charge is 2.14. The van der Waals surface area contributed by atoms with E-state index >= 15 is 0 Å². The SMILES string of the molecule is Cc1nn(C)c(C)c1CN(C)C(=S)Nc1ccc([N+](=O)[O-])cc1. The fourth-order valence-electron chi connectivity index (χ4n) is 2.24. The second-order valence-electron chi connectivity index (χ2n) is 5.36. The number of nitro groups is 1. The predicted octanol–water partition coefficient (Wildman–Crippen LogP) is 2.77. The molecule has 0 unspecified atom stereocenters. The lowest BCUT2D eigenvalue weighted by molar-refractivity contribution is -0.384. The van der Waals surface area contributed by atoms with Gasteiger partial charge in [-0.3, -0.25) is 14.8 Å². The molecular weight excluding hydrogens is 314 g/mol. The summed E-state index contributed by atoms with van der Waals surface area (Å²) in [4.78, 5) is 12.1. The lowest BCUT2D eigenvalue weighted by Crippen LogP contribution is -2.30. The second kappa shape index (κ2) is 6.74. The van der Waals surface area contributed by atoms with E-state index in [1.54, 1.807) is 12.1 Å². The van der Waals surface area contributed by atoms with Gasteiger partial charge in [-0.2, -0.15) is 5.10 Å². The fraction of sp³-hybridized carbons (Fsp3) is 0.333. The van der Waals surface area contributed by atoms with Crippen molar-refractivity contribution in [1.29, 1.82) is 0 Å². The monoisotopic (exact) mass is 333 g/mol. The highest BCUT2D eigenvalue weighted by Crippen LogP contribution is 2.17. The summed E-state index contributed by atoms with van der Waals surface area (Å²) in [5.41, 5.74) is 3.99. The summed E-state index contributed by atoms with van der Waals surface area (Å²) in [7, 11) is 3.81. The number of hydrogen-bond acceptors (Lipinski definition) is 4. The van der Waals surface area contributed by atoms with E-state index in [1.165, 1.54) is 12.1 Å². The molecule has 122 valence electrons. The van der Waals surface area contributed by atoms with E-state index in [0.717, 1.165) is 17.0 Å². The van der Waals surface area contributed by atoms with Crippen LogP contribution in [-0.2, 0) is 13.6 Å². The second-order valence-corrected chi connectivity index (χ2v) is 5.75. The number of aromatic nitrogens is 2. The minimum atomic E-state index is -0.428. The molecular formula is C15H19N5O2S. The Morgan fingerprint density at radius 2 is 2.00 bits per heavy atom. The van der Waals surface area contributed by atoms with Gasteiger partial charge in [0.25, 0.3) is 5.69 Å². The van der Waals surface area contributed by atoms with Crippen molar-refractivity contribution >= 4 is 28.7 Å². The zero-order chi connectivity index (χ0) is 17.1. The summed E-state index contributed by atoms with van der Waals surface area (Å²) in [6, 6.07) is 6.17. The van der Waals surface area contributed by atoms with Gasteiger partial charge in [0.05, 0.1) is 10.6 Å².